The maximum absolute atomic E-state index is 12.1. The molecule has 24 heavy (non-hydrogen) atoms. The fourth-order valence-corrected chi connectivity index (χ4v) is 2.62. The van der Waals surface area contributed by atoms with Crippen LogP contribution < -0.4 is 10.2 Å². The highest BCUT2D eigenvalue weighted by molar-refractivity contribution is 5.76. The van der Waals surface area contributed by atoms with Crippen molar-refractivity contribution in [2.24, 2.45) is 0 Å². The van der Waals surface area contributed by atoms with Gasteiger partial charge in [-0.1, -0.05) is 42.4 Å². The number of anilines is 1. The Balaban J connectivity index is 1.82. The molecule has 1 atom stereocenters. The lowest BCUT2D eigenvalue weighted by Gasteiger charge is -2.24. The summed E-state index contributed by atoms with van der Waals surface area (Å²) in [5.41, 5.74) is 0.916. The number of rotatable bonds is 6. The Morgan fingerprint density at radius 3 is 2.71 bits per heavy atom. The van der Waals surface area contributed by atoms with Crippen molar-refractivity contribution < 1.29 is 13.9 Å². The second-order valence-corrected chi connectivity index (χ2v) is 5.68. The van der Waals surface area contributed by atoms with Crippen LogP contribution in [-0.2, 0) is 9.53 Å². The van der Waals surface area contributed by atoms with Crippen molar-refractivity contribution in [3.05, 3.63) is 41.8 Å². The smallest absolute Gasteiger partial charge is 0.318 e. The minimum atomic E-state index is -0.437. The molecule has 1 N–H and O–H groups in total. The summed E-state index contributed by atoms with van der Waals surface area (Å²) in [4.78, 5) is 14.1. The van der Waals surface area contributed by atoms with Gasteiger partial charge in [-0.05, 0) is 12.0 Å². The molecule has 1 fully saturated rings. The highest BCUT2D eigenvalue weighted by Gasteiger charge is 2.25. The largest absolute Gasteiger partial charge is 0.405 e. The molecule has 1 aliphatic rings. The van der Waals surface area contributed by atoms with Crippen LogP contribution >= 0.6 is 0 Å². The third-order valence-electron chi connectivity index (χ3n) is 3.87. The van der Waals surface area contributed by atoms with E-state index in [2.05, 4.69) is 15.5 Å². The molecule has 1 unspecified atom stereocenters. The van der Waals surface area contributed by atoms with Gasteiger partial charge in [-0.25, -0.2) is 0 Å². The molecule has 2 aromatic rings. The highest BCUT2D eigenvalue weighted by atomic mass is 16.5. The summed E-state index contributed by atoms with van der Waals surface area (Å²) >= 11 is 0. The Morgan fingerprint density at radius 1 is 1.25 bits per heavy atom. The molecule has 3 rings (SSSR count). The summed E-state index contributed by atoms with van der Waals surface area (Å²) in [5.74, 6) is 0.365. The number of amides is 1. The van der Waals surface area contributed by atoms with Gasteiger partial charge in [0.25, 0.3) is 0 Å². The molecule has 1 aromatic heterocycles. The molecular formula is C17H22N4O3. The van der Waals surface area contributed by atoms with E-state index < -0.39 is 6.04 Å². The van der Waals surface area contributed by atoms with E-state index in [4.69, 9.17) is 9.15 Å². The second kappa shape index (κ2) is 7.92. The van der Waals surface area contributed by atoms with Crippen LogP contribution in [0.1, 0.15) is 37.3 Å². The Kier molecular flexibility index (Phi) is 5.43. The fourth-order valence-electron chi connectivity index (χ4n) is 2.62. The van der Waals surface area contributed by atoms with Gasteiger partial charge in [-0.3, -0.25) is 4.79 Å². The number of carbonyl (C=O) groups excluding carboxylic acids is 1. The molecule has 0 aliphatic carbocycles. The van der Waals surface area contributed by atoms with Gasteiger partial charge in [0, 0.05) is 19.5 Å². The zero-order chi connectivity index (χ0) is 16.8. The monoisotopic (exact) mass is 330 g/mol. The van der Waals surface area contributed by atoms with E-state index in [1.165, 1.54) is 0 Å². The minimum absolute atomic E-state index is 0.0301. The van der Waals surface area contributed by atoms with Crippen LogP contribution in [0.4, 0.5) is 6.01 Å². The third-order valence-corrected chi connectivity index (χ3v) is 3.87. The van der Waals surface area contributed by atoms with Gasteiger partial charge in [0.1, 0.15) is 6.04 Å². The van der Waals surface area contributed by atoms with Crippen molar-refractivity contribution in [3.63, 3.8) is 0 Å². The Bertz CT molecular complexity index is 653. The lowest BCUT2D eigenvalue weighted by Crippen LogP contribution is -2.36. The first kappa shape index (κ1) is 16.4. The van der Waals surface area contributed by atoms with Crippen molar-refractivity contribution >= 4 is 11.9 Å². The lowest BCUT2D eigenvalue weighted by molar-refractivity contribution is -0.121. The molecule has 0 bridgehead atoms. The quantitative estimate of drug-likeness (QED) is 0.871. The van der Waals surface area contributed by atoms with Crippen LogP contribution in [0.3, 0.4) is 0 Å². The number of nitrogens with zero attached hydrogens (tertiary/aromatic N) is 3. The standard InChI is InChI=1S/C17H22N4O3/c1-2-6-14(22)18-15(13-7-4-3-5-8-13)16-19-20-17(24-16)21-9-11-23-12-10-21/h3-5,7-8,15H,2,6,9-12H2,1H3,(H,18,22). The van der Waals surface area contributed by atoms with E-state index in [1.54, 1.807) is 0 Å². The van der Waals surface area contributed by atoms with Gasteiger partial charge in [-0.15, -0.1) is 5.10 Å². The summed E-state index contributed by atoms with van der Waals surface area (Å²) in [6, 6.07) is 9.69. The first-order valence-corrected chi connectivity index (χ1v) is 8.28. The zero-order valence-corrected chi connectivity index (χ0v) is 13.8. The number of benzene rings is 1. The second-order valence-electron chi connectivity index (χ2n) is 5.68. The maximum atomic E-state index is 12.1. The van der Waals surface area contributed by atoms with Crippen molar-refractivity contribution in [1.29, 1.82) is 0 Å². The number of aromatic nitrogens is 2. The summed E-state index contributed by atoms with van der Waals surface area (Å²) in [6.07, 6.45) is 1.25. The molecular weight excluding hydrogens is 308 g/mol. The minimum Gasteiger partial charge on any atom is -0.405 e. The number of nitrogens with one attached hydrogen (secondary N) is 1. The van der Waals surface area contributed by atoms with Gasteiger partial charge >= 0.3 is 6.01 Å². The molecule has 2 heterocycles. The number of ether oxygens (including phenoxy) is 1. The lowest BCUT2D eigenvalue weighted by atomic mass is 10.1. The van der Waals surface area contributed by atoms with E-state index in [0.29, 0.717) is 31.5 Å². The molecule has 1 amide bonds. The molecule has 1 saturated heterocycles. The molecule has 7 heteroatoms. The first-order valence-electron chi connectivity index (χ1n) is 8.28. The molecule has 1 aromatic carbocycles. The van der Waals surface area contributed by atoms with Crippen LogP contribution in [0, 0.1) is 0 Å². The van der Waals surface area contributed by atoms with Crippen molar-refractivity contribution in [2.45, 2.75) is 25.8 Å². The van der Waals surface area contributed by atoms with Gasteiger partial charge in [-0.2, -0.15) is 0 Å². The first-order chi connectivity index (χ1) is 11.8. The number of morpholine rings is 1. The fraction of sp³-hybridized carbons (Fsp3) is 0.471. The Labute approximate surface area is 141 Å². The molecule has 128 valence electrons. The maximum Gasteiger partial charge on any atom is 0.318 e. The van der Waals surface area contributed by atoms with E-state index in [0.717, 1.165) is 25.1 Å². The number of carbonyl (C=O) groups is 1. The normalized spacial score (nSPS) is 16.0. The Morgan fingerprint density at radius 2 is 2.00 bits per heavy atom. The summed E-state index contributed by atoms with van der Waals surface area (Å²) < 4.78 is 11.2. The molecule has 1 aliphatic heterocycles. The average Bonchev–Trinajstić information content (AvgIpc) is 3.11. The van der Waals surface area contributed by atoms with E-state index in [1.807, 2.05) is 42.2 Å². The molecule has 0 saturated carbocycles. The van der Waals surface area contributed by atoms with E-state index in [9.17, 15) is 4.79 Å². The van der Waals surface area contributed by atoms with Crippen LogP contribution in [0.5, 0.6) is 0 Å². The number of hydrogen-bond donors (Lipinski definition) is 1. The molecule has 7 nitrogen and oxygen atoms in total. The summed E-state index contributed by atoms with van der Waals surface area (Å²) in [6.45, 7) is 4.71. The van der Waals surface area contributed by atoms with Gasteiger partial charge in [0.2, 0.25) is 11.8 Å². The molecule has 0 spiro atoms. The topological polar surface area (TPSA) is 80.5 Å². The van der Waals surface area contributed by atoms with Crippen LogP contribution in [0.25, 0.3) is 0 Å². The highest BCUT2D eigenvalue weighted by Crippen LogP contribution is 2.24. The van der Waals surface area contributed by atoms with Crippen LogP contribution in [-0.4, -0.2) is 42.4 Å². The van der Waals surface area contributed by atoms with Gasteiger partial charge in [0.15, 0.2) is 0 Å². The predicted octanol–water partition coefficient (Wildman–Crippen LogP) is 1.91. The summed E-state index contributed by atoms with van der Waals surface area (Å²) in [7, 11) is 0. The third kappa shape index (κ3) is 3.91. The van der Waals surface area contributed by atoms with Gasteiger partial charge < -0.3 is 19.4 Å². The van der Waals surface area contributed by atoms with Crippen molar-refractivity contribution in [3.8, 4) is 0 Å². The molecule has 0 radical (unpaired) electrons. The van der Waals surface area contributed by atoms with Crippen molar-refractivity contribution in [2.75, 3.05) is 31.2 Å². The van der Waals surface area contributed by atoms with Crippen LogP contribution in [0.2, 0.25) is 0 Å². The van der Waals surface area contributed by atoms with E-state index in [-0.39, 0.29) is 5.91 Å². The van der Waals surface area contributed by atoms with E-state index >= 15 is 0 Å². The predicted molar refractivity (Wildman–Crippen MR) is 88.7 cm³/mol. The average molecular weight is 330 g/mol. The van der Waals surface area contributed by atoms with Crippen molar-refractivity contribution in [1.82, 2.24) is 15.5 Å². The summed E-state index contributed by atoms with van der Waals surface area (Å²) in [5, 5.41) is 11.3. The Hall–Kier alpha value is -2.41. The zero-order valence-electron chi connectivity index (χ0n) is 13.8. The van der Waals surface area contributed by atoms with Crippen LogP contribution in [0.15, 0.2) is 34.7 Å². The van der Waals surface area contributed by atoms with Gasteiger partial charge in [0.05, 0.1) is 13.2 Å². The number of hydrogen-bond acceptors (Lipinski definition) is 6. The SMILES string of the molecule is CCCC(=O)NC(c1ccccc1)c1nnc(N2CCOCC2)o1.